The van der Waals surface area contributed by atoms with Crippen molar-refractivity contribution in [1.82, 2.24) is 9.97 Å². The third-order valence-electron chi connectivity index (χ3n) is 4.55. The van der Waals surface area contributed by atoms with Crippen LogP contribution in [-0.2, 0) is 16.0 Å². The van der Waals surface area contributed by atoms with Gasteiger partial charge in [0.1, 0.15) is 5.75 Å². The first-order valence-corrected chi connectivity index (χ1v) is 10.4. The van der Waals surface area contributed by atoms with Crippen LogP contribution in [0.15, 0.2) is 36.7 Å². The fraction of sp³-hybridized carbons (Fsp3) is 0.522. The molecule has 0 spiro atoms. The molecule has 0 aliphatic rings. The lowest BCUT2D eigenvalue weighted by atomic mass is 10.1. The quantitative estimate of drug-likeness (QED) is 0.279. The normalized spacial score (nSPS) is 12.0. The summed E-state index contributed by atoms with van der Waals surface area (Å²) >= 11 is 0. The van der Waals surface area contributed by atoms with Crippen molar-refractivity contribution in [2.24, 2.45) is 0 Å². The van der Waals surface area contributed by atoms with E-state index in [0.717, 1.165) is 43.2 Å². The van der Waals surface area contributed by atoms with Crippen molar-refractivity contribution in [2.45, 2.75) is 71.8 Å². The first-order valence-electron chi connectivity index (χ1n) is 10.4. The van der Waals surface area contributed by atoms with Crippen molar-refractivity contribution >= 4 is 5.97 Å². The van der Waals surface area contributed by atoms with Gasteiger partial charge >= 0.3 is 5.97 Å². The van der Waals surface area contributed by atoms with Crippen LogP contribution in [0.4, 0.5) is 0 Å². The minimum Gasteiger partial charge on any atom is -0.425 e. The van der Waals surface area contributed by atoms with E-state index in [9.17, 15) is 4.79 Å². The number of aryl methyl sites for hydroxylation is 1. The molecule has 0 aliphatic carbocycles. The average molecular weight is 385 g/mol. The molecule has 0 N–H and O–H groups in total. The number of carbonyl (C=O) groups is 1. The van der Waals surface area contributed by atoms with E-state index in [0.29, 0.717) is 18.2 Å². The van der Waals surface area contributed by atoms with E-state index >= 15 is 0 Å². The number of unbranched alkanes of at least 4 members (excludes halogenated alkanes) is 4. The second-order valence-electron chi connectivity index (χ2n) is 7.04. The van der Waals surface area contributed by atoms with E-state index in [1.807, 2.05) is 24.5 Å². The third kappa shape index (κ3) is 7.39. The number of aromatic nitrogens is 2. The summed E-state index contributed by atoms with van der Waals surface area (Å²) in [5.41, 5.74) is 2.04. The van der Waals surface area contributed by atoms with Crippen molar-refractivity contribution in [3.05, 3.63) is 42.2 Å². The summed E-state index contributed by atoms with van der Waals surface area (Å²) in [5, 5.41) is 0. The Morgan fingerprint density at radius 3 is 2.29 bits per heavy atom. The third-order valence-corrected chi connectivity index (χ3v) is 4.55. The number of nitrogens with zero attached hydrogens (tertiary/aromatic N) is 2. The predicted molar refractivity (Wildman–Crippen MR) is 111 cm³/mol. The van der Waals surface area contributed by atoms with Crippen LogP contribution >= 0.6 is 0 Å². The Hall–Kier alpha value is -2.27. The standard InChI is InChI=1S/C23H32N2O3/c1-4-6-8-9-15-27-18(3)23(26)28-21-13-11-20(12-14-21)22-24-16-19(17-25-22)10-7-5-2/h11-14,16-18H,4-10,15H2,1-3H3. The van der Waals surface area contributed by atoms with Gasteiger partial charge in [-0.1, -0.05) is 39.5 Å². The smallest absolute Gasteiger partial charge is 0.340 e. The maximum absolute atomic E-state index is 12.1. The molecule has 152 valence electrons. The highest BCUT2D eigenvalue weighted by molar-refractivity contribution is 5.77. The molecule has 1 atom stereocenters. The van der Waals surface area contributed by atoms with Gasteiger partial charge in [-0.2, -0.15) is 0 Å². The van der Waals surface area contributed by atoms with Gasteiger partial charge in [0.25, 0.3) is 0 Å². The Morgan fingerprint density at radius 1 is 0.964 bits per heavy atom. The van der Waals surface area contributed by atoms with E-state index < -0.39 is 6.10 Å². The van der Waals surface area contributed by atoms with E-state index in [1.54, 1.807) is 19.1 Å². The van der Waals surface area contributed by atoms with Crippen LogP contribution < -0.4 is 4.74 Å². The lowest BCUT2D eigenvalue weighted by molar-refractivity contribution is -0.146. The van der Waals surface area contributed by atoms with E-state index in [-0.39, 0.29) is 5.97 Å². The van der Waals surface area contributed by atoms with E-state index in [4.69, 9.17) is 9.47 Å². The maximum Gasteiger partial charge on any atom is 0.340 e. The summed E-state index contributed by atoms with van der Waals surface area (Å²) in [6.45, 7) is 6.65. The van der Waals surface area contributed by atoms with E-state index in [1.165, 1.54) is 12.8 Å². The molecule has 1 heterocycles. The Kier molecular flexibility index (Phi) is 9.63. The Balaban J connectivity index is 1.83. The Labute approximate surface area is 168 Å². The molecule has 0 amide bonds. The van der Waals surface area contributed by atoms with Crippen LogP contribution in [-0.4, -0.2) is 28.6 Å². The second kappa shape index (κ2) is 12.2. The largest absolute Gasteiger partial charge is 0.425 e. The number of esters is 1. The highest BCUT2D eigenvalue weighted by Gasteiger charge is 2.16. The molecular weight excluding hydrogens is 352 g/mol. The highest BCUT2D eigenvalue weighted by atomic mass is 16.6. The molecule has 28 heavy (non-hydrogen) atoms. The molecule has 1 aromatic carbocycles. The molecule has 0 saturated heterocycles. The SMILES string of the molecule is CCCCCCOC(C)C(=O)Oc1ccc(-c2ncc(CCCC)cn2)cc1. The molecule has 5 nitrogen and oxygen atoms in total. The molecule has 1 aromatic heterocycles. The lowest BCUT2D eigenvalue weighted by Gasteiger charge is -2.12. The first-order chi connectivity index (χ1) is 13.6. The van der Waals surface area contributed by atoms with Gasteiger partial charge in [0.15, 0.2) is 11.9 Å². The molecule has 0 saturated carbocycles. The average Bonchev–Trinajstić information content (AvgIpc) is 2.73. The van der Waals surface area contributed by atoms with Crippen molar-refractivity contribution < 1.29 is 14.3 Å². The molecule has 0 fully saturated rings. The number of carbonyl (C=O) groups excluding carboxylic acids is 1. The summed E-state index contributed by atoms with van der Waals surface area (Å²) < 4.78 is 11.0. The minimum atomic E-state index is -0.569. The zero-order valence-electron chi connectivity index (χ0n) is 17.3. The van der Waals surface area contributed by atoms with Crippen LogP contribution in [0.2, 0.25) is 0 Å². The molecule has 2 rings (SSSR count). The topological polar surface area (TPSA) is 61.3 Å². The van der Waals surface area contributed by atoms with Crippen LogP contribution in [0, 0.1) is 0 Å². The fourth-order valence-electron chi connectivity index (χ4n) is 2.74. The number of hydrogen-bond donors (Lipinski definition) is 0. The molecule has 0 aliphatic heterocycles. The van der Waals surface area contributed by atoms with Crippen LogP contribution in [0.1, 0.15) is 64.9 Å². The lowest BCUT2D eigenvalue weighted by Crippen LogP contribution is -2.26. The zero-order chi connectivity index (χ0) is 20.2. The van der Waals surface area contributed by atoms with Crippen LogP contribution in [0.3, 0.4) is 0 Å². The summed E-state index contributed by atoms with van der Waals surface area (Å²) in [7, 11) is 0. The second-order valence-corrected chi connectivity index (χ2v) is 7.04. The minimum absolute atomic E-state index is 0.375. The Morgan fingerprint density at radius 2 is 1.64 bits per heavy atom. The first kappa shape index (κ1) is 22.0. The van der Waals surface area contributed by atoms with E-state index in [2.05, 4.69) is 23.8 Å². The molecule has 0 bridgehead atoms. The molecule has 5 heteroatoms. The summed E-state index contributed by atoms with van der Waals surface area (Å²) in [6.07, 6.45) is 11.0. The van der Waals surface area contributed by atoms with Gasteiger partial charge in [-0.25, -0.2) is 14.8 Å². The van der Waals surface area contributed by atoms with Gasteiger partial charge in [-0.15, -0.1) is 0 Å². The van der Waals surface area contributed by atoms with Gasteiger partial charge in [0.05, 0.1) is 0 Å². The number of benzene rings is 1. The van der Waals surface area contributed by atoms with Crippen molar-refractivity contribution in [1.29, 1.82) is 0 Å². The monoisotopic (exact) mass is 384 g/mol. The summed E-state index contributed by atoms with van der Waals surface area (Å²) in [4.78, 5) is 21.0. The summed E-state index contributed by atoms with van der Waals surface area (Å²) in [6, 6.07) is 7.24. The van der Waals surface area contributed by atoms with Gasteiger partial charge < -0.3 is 9.47 Å². The van der Waals surface area contributed by atoms with Crippen LogP contribution in [0.5, 0.6) is 5.75 Å². The maximum atomic E-state index is 12.1. The van der Waals surface area contributed by atoms with Gasteiger partial charge in [0.2, 0.25) is 0 Å². The fourth-order valence-corrected chi connectivity index (χ4v) is 2.74. The molecule has 1 unspecified atom stereocenters. The predicted octanol–water partition coefficient (Wildman–Crippen LogP) is 5.38. The van der Waals surface area contributed by atoms with Crippen molar-refractivity contribution in [3.63, 3.8) is 0 Å². The van der Waals surface area contributed by atoms with Gasteiger partial charge in [-0.05, 0) is 56.0 Å². The van der Waals surface area contributed by atoms with Crippen molar-refractivity contribution in [3.8, 4) is 17.1 Å². The summed E-state index contributed by atoms with van der Waals surface area (Å²) in [5.74, 6) is 0.788. The van der Waals surface area contributed by atoms with Crippen molar-refractivity contribution in [2.75, 3.05) is 6.61 Å². The number of rotatable bonds is 12. The zero-order valence-corrected chi connectivity index (χ0v) is 17.3. The van der Waals surface area contributed by atoms with Gasteiger partial charge in [0, 0.05) is 24.6 Å². The number of ether oxygens (including phenoxy) is 2. The molecule has 0 radical (unpaired) electrons. The van der Waals surface area contributed by atoms with Crippen LogP contribution in [0.25, 0.3) is 11.4 Å². The highest BCUT2D eigenvalue weighted by Crippen LogP contribution is 2.20. The number of hydrogen-bond acceptors (Lipinski definition) is 5. The van der Waals surface area contributed by atoms with Gasteiger partial charge in [-0.3, -0.25) is 0 Å². The Bertz CT molecular complexity index is 699. The molecular formula is C23H32N2O3. The molecule has 2 aromatic rings.